The number of phenols is 1. The summed E-state index contributed by atoms with van der Waals surface area (Å²) in [5.41, 5.74) is 1.01. The highest BCUT2D eigenvalue weighted by Gasteiger charge is 2.29. The van der Waals surface area contributed by atoms with Gasteiger partial charge in [0.25, 0.3) is 0 Å². The Balaban J connectivity index is 1.70. The van der Waals surface area contributed by atoms with Crippen LogP contribution >= 0.6 is 0 Å². The second-order valence-corrected chi connectivity index (χ2v) is 6.24. The lowest BCUT2D eigenvalue weighted by atomic mass is 9.96. The maximum absolute atomic E-state index is 11.8. The van der Waals surface area contributed by atoms with Gasteiger partial charge in [0.15, 0.2) is 0 Å². The number of piperidine rings is 1. The smallest absolute Gasteiger partial charge is 0.309 e. The molecule has 4 heteroatoms. The Morgan fingerprint density at radius 3 is 2.70 bits per heavy atom. The third kappa shape index (κ3) is 3.48. The number of carbonyl (C=O) groups is 1. The molecule has 1 saturated heterocycles. The van der Waals surface area contributed by atoms with Crippen molar-refractivity contribution in [3.8, 4) is 5.75 Å². The molecule has 0 bridgehead atoms. The van der Waals surface area contributed by atoms with Crippen LogP contribution in [0.15, 0.2) is 36.4 Å². The molecule has 0 aromatic heterocycles. The fourth-order valence-corrected chi connectivity index (χ4v) is 3.46. The van der Waals surface area contributed by atoms with Gasteiger partial charge in [0.2, 0.25) is 0 Å². The second-order valence-electron chi connectivity index (χ2n) is 6.24. The highest BCUT2D eigenvalue weighted by atomic mass is 16.5. The van der Waals surface area contributed by atoms with Crippen LogP contribution in [0.3, 0.4) is 0 Å². The Kier molecular flexibility index (Phi) is 4.82. The number of benzene rings is 2. The number of rotatable bonds is 4. The standard InChI is InChI=1S/C19H23NO3/c1-2-23-19(22)15-9-11-20(12-10-15)13-17-16-6-4-3-5-14(16)7-8-18(17)21/h3-8,15,21H,2,9-13H2,1H3/p+1. The second kappa shape index (κ2) is 7.01. The molecule has 23 heavy (non-hydrogen) atoms. The SMILES string of the molecule is CCOC(=O)C1CC[NH+](Cc2c(O)ccc3ccccc23)CC1. The van der Waals surface area contributed by atoms with Crippen molar-refractivity contribution in [3.63, 3.8) is 0 Å². The van der Waals surface area contributed by atoms with E-state index in [1.807, 2.05) is 25.1 Å². The van der Waals surface area contributed by atoms with E-state index in [1.54, 1.807) is 6.07 Å². The van der Waals surface area contributed by atoms with Crippen LogP contribution in [0.2, 0.25) is 0 Å². The van der Waals surface area contributed by atoms with Crippen LogP contribution in [0, 0.1) is 5.92 Å². The first-order valence-corrected chi connectivity index (χ1v) is 8.39. The van der Waals surface area contributed by atoms with Crippen LogP contribution in [0.25, 0.3) is 10.8 Å². The van der Waals surface area contributed by atoms with Gasteiger partial charge < -0.3 is 14.7 Å². The maximum Gasteiger partial charge on any atom is 0.309 e. The Bertz CT molecular complexity index is 690. The summed E-state index contributed by atoms with van der Waals surface area (Å²) in [6, 6.07) is 11.9. The van der Waals surface area contributed by atoms with E-state index < -0.39 is 0 Å². The number of hydrogen-bond donors (Lipinski definition) is 2. The number of phenolic OH excluding ortho intramolecular Hbond substituents is 1. The lowest BCUT2D eigenvalue weighted by molar-refractivity contribution is -0.919. The normalized spacial score (nSPS) is 21.3. The molecule has 1 heterocycles. The van der Waals surface area contributed by atoms with Gasteiger partial charge in [-0.05, 0) is 23.8 Å². The van der Waals surface area contributed by atoms with Crippen molar-refractivity contribution in [2.45, 2.75) is 26.3 Å². The first kappa shape index (κ1) is 15.8. The number of likely N-dealkylation sites (tertiary alicyclic amines) is 1. The van der Waals surface area contributed by atoms with Crippen molar-refractivity contribution in [1.29, 1.82) is 0 Å². The van der Waals surface area contributed by atoms with E-state index in [1.165, 1.54) is 4.90 Å². The van der Waals surface area contributed by atoms with Crippen LogP contribution in [-0.4, -0.2) is 30.8 Å². The van der Waals surface area contributed by atoms with Crippen molar-refractivity contribution in [3.05, 3.63) is 42.0 Å². The van der Waals surface area contributed by atoms with E-state index in [0.29, 0.717) is 12.4 Å². The zero-order valence-electron chi connectivity index (χ0n) is 13.5. The molecule has 2 N–H and O–H groups in total. The number of nitrogens with one attached hydrogen (secondary N) is 1. The Hall–Kier alpha value is -2.07. The molecule has 1 aliphatic heterocycles. The van der Waals surface area contributed by atoms with Gasteiger partial charge in [-0.2, -0.15) is 0 Å². The minimum absolute atomic E-state index is 0.0415. The number of quaternary nitrogens is 1. The van der Waals surface area contributed by atoms with Crippen molar-refractivity contribution < 1.29 is 19.5 Å². The zero-order chi connectivity index (χ0) is 16.2. The minimum atomic E-state index is -0.0560. The molecule has 0 aliphatic carbocycles. The fraction of sp³-hybridized carbons (Fsp3) is 0.421. The van der Waals surface area contributed by atoms with Gasteiger partial charge >= 0.3 is 5.97 Å². The van der Waals surface area contributed by atoms with Crippen LogP contribution in [0.4, 0.5) is 0 Å². The molecule has 0 atom stereocenters. The van der Waals surface area contributed by atoms with Crippen molar-refractivity contribution in [2.75, 3.05) is 19.7 Å². The van der Waals surface area contributed by atoms with Crippen LogP contribution in [0.1, 0.15) is 25.3 Å². The first-order valence-electron chi connectivity index (χ1n) is 8.39. The van der Waals surface area contributed by atoms with Gasteiger partial charge in [0.05, 0.1) is 31.2 Å². The summed E-state index contributed by atoms with van der Waals surface area (Å²) in [6.45, 7) is 4.97. The largest absolute Gasteiger partial charge is 0.507 e. The van der Waals surface area contributed by atoms with E-state index in [2.05, 4.69) is 12.1 Å². The third-order valence-electron chi connectivity index (χ3n) is 4.76. The Labute approximate surface area is 136 Å². The third-order valence-corrected chi connectivity index (χ3v) is 4.76. The van der Waals surface area contributed by atoms with E-state index in [9.17, 15) is 9.90 Å². The predicted molar refractivity (Wildman–Crippen MR) is 89.4 cm³/mol. The van der Waals surface area contributed by atoms with Crippen molar-refractivity contribution in [2.24, 2.45) is 5.92 Å². The van der Waals surface area contributed by atoms with E-state index in [-0.39, 0.29) is 11.9 Å². The Morgan fingerprint density at radius 1 is 1.22 bits per heavy atom. The number of carbonyl (C=O) groups excluding carboxylic acids is 1. The van der Waals surface area contributed by atoms with E-state index >= 15 is 0 Å². The highest BCUT2D eigenvalue weighted by molar-refractivity contribution is 5.87. The molecule has 0 saturated carbocycles. The summed E-state index contributed by atoms with van der Waals surface area (Å²) in [5.74, 6) is 0.350. The summed E-state index contributed by atoms with van der Waals surface area (Å²) < 4.78 is 5.12. The van der Waals surface area contributed by atoms with Gasteiger partial charge in [0, 0.05) is 12.8 Å². The van der Waals surface area contributed by atoms with Crippen LogP contribution in [-0.2, 0) is 16.1 Å². The molecule has 1 aliphatic rings. The van der Waals surface area contributed by atoms with Gasteiger partial charge in [-0.1, -0.05) is 30.3 Å². The molecular weight excluding hydrogens is 290 g/mol. The van der Waals surface area contributed by atoms with E-state index in [0.717, 1.165) is 48.8 Å². The predicted octanol–water partition coefficient (Wildman–Crippen LogP) is 1.90. The summed E-state index contributed by atoms with van der Waals surface area (Å²) >= 11 is 0. The summed E-state index contributed by atoms with van der Waals surface area (Å²) in [6.07, 6.45) is 1.72. The lowest BCUT2D eigenvalue weighted by Gasteiger charge is -2.28. The van der Waals surface area contributed by atoms with Crippen LogP contribution in [0.5, 0.6) is 5.75 Å². The molecule has 2 aromatic rings. The topological polar surface area (TPSA) is 51.0 Å². The summed E-state index contributed by atoms with van der Waals surface area (Å²) in [5, 5.41) is 12.5. The molecule has 0 unspecified atom stereocenters. The van der Waals surface area contributed by atoms with Crippen LogP contribution < -0.4 is 4.90 Å². The number of esters is 1. The Morgan fingerprint density at radius 2 is 1.96 bits per heavy atom. The summed E-state index contributed by atoms with van der Waals surface area (Å²) in [7, 11) is 0. The molecular formula is C19H24NO3+. The molecule has 0 spiro atoms. The van der Waals surface area contributed by atoms with Gasteiger partial charge in [-0.15, -0.1) is 0 Å². The van der Waals surface area contributed by atoms with Crippen molar-refractivity contribution >= 4 is 16.7 Å². The molecule has 2 aromatic carbocycles. The minimum Gasteiger partial charge on any atom is -0.507 e. The molecule has 3 rings (SSSR count). The van der Waals surface area contributed by atoms with Gasteiger partial charge in [-0.3, -0.25) is 4.79 Å². The average Bonchev–Trinajstić information content (AvgIpc) is 2.58. The quantitative estimate of drug-likeness (QED) is 0.848. The fourth-order valence-electron chi connectivity index (χ4n) is 3.46. The molecule has 0 radical (unpaired) electrons. The molecule has 4 nitrogen and oxygen atoms in total. The average molecular weight is 314 g/mol. The van der Waals surface area contributed by atoms with E-state index in [4.69, 9.17) is 4.74 Å². The molecule has 0 amide bonds. The number of aromatic hydroxyl groups is 1. The maximum atomic E-state index is 11.8. The number of ether oxygens (including phenoxy) is 1. The first-order chi connectivity index (χ1) is 11.2. The zero-order valence-corrected chi connectivity index (χ0v) is 13.5. The van der Waals surface area contributed by atoms with Gasteiger partial charge in [0.1, 0.15) is 12.3 Å². The monoisotopic (exact) mass is 314 g/mol. The van der Waals surface area contributed by atoms with Gasteiger partial charge in [-0.25, -0.2) is 0 Å². The number of hydrogen-bond acceptors (Lipinski definition) is 3. The highest BCUT2D eigenvalue weighted by Crippen LogP contribution is 2.26. The summed E-state index contributed by atoms with van der Waals surface area (Å²) in [4.78, 5) is 13.2. The molecule has 1 fully saturated rings. The lowest BCUT2D eigenvalue weighted by Crippen LogP contribution is -3.11. The number of fused-ring (bicyclic) bond motifs is 1. The molecule has 122 valence electrons. The van der Waals surface area contributed by atoms with Crippen molar-refractivity contribution in [1.82, 2.24) is 0 Å².